The first-order valence-electron chi connectivity index (χ1n) is 6.60. The summed E-state index contributed by atoms with van der Waals surface area (Å²) in [7, 11) is 1.66. The van der Waals surface area contributed by atoms with E-state index in [4.69, 9.17) is 4.74 Å². The van der Waals surface area contributed by atoms with Crippen LogP contribution in [0.1, 0.15) is 23.2 Å². The van der Waals surface area contributed by atoms with Crippen LogP contribution in [0.5, 0.6) is 0 Å². The zero-order valence-electron chi connectivity index (χ0n) is 11.2. The van der Waals surface area contributed by atoms with Gasteiger partial charge in [0.25, 0.3) is 5.56 Å². The van der Waals surface area contributed by atoms with Crippen LogP contribution in [-0.2, 0) is 23.2 Å². The van der Waals surface area contributed by atoms with E-state index in [1.54, 1.807) is 7.11 Å². The molecule has 0 aliphatic heterocycles. The first-order chi connectivity index (χ1) is 9.64. The standard InChI is InChI=1S/C15H16N2O3/c1-20-15(10-5-3-2-4-6-10)8-7-12-11(9-15)13(18)17-14(19)16-12/h2-6H,7-9H2,1H3,(H2,16,17,18,19). The van der Waals surface area contributed by atoms with Gasteiger partial charge in [-0.25, -0.2) is 4.79 Å². The number of aromatic nitrogens is 2. The van der Waals surface area contributed by atoms with Crippen LogP contribution < -0.4 is 11.2 Å². The van der Waals surface area contributed by atoms with Crippen molar-refractivity contribution in [2.45, 2.75) is 24.9 Å². The van der Waals surface area contributed by atoms with Gasteiger partial charge in [0, 0.05) is 24.8 Å². The number of methoxy groups -OCH3 is 1. The summed E-state index contributed by atoms with van der Waals surface area (Å²) in [5.41, 5.74) is 1.13. The van der Waals surface area contributed by atoms with Crippen molar-refractivity contribution < 1.29 is 4.74 Å². The Hall–Kier alpha value is -2.14. The maximum Gasteiger partial charge on any atom is 0.325 e. The summed E-state index contributed by atoms with van der Waals surface area (Å²) in [4.78, 5) is 28.3. The molecule has 0 saturated carbocycles. The Bertz CT molecular complexity index is 733. The third-order valence-corrected chi connectivity index (χ3v) is 4.06. The van der Waals surface area contributed by atoms with Gasteiger partial charge in [-0.1, -0.05) is 30.3 Å². The molecule has 2 aromatic rings. The number of aryl methyl sites for hydroxylation is 1. The summed E-state index contributed by atoms with van der Waals surface area (Å²) < 4.78 is 5.76. The van der Waals surface area contributed by atoms with Gasteiger partial charge in [-0.05, 0) is 18.4 Å². The van der Waals surface area contributed by atoms with Crippen molar-refractivity contribution in [3.8, 4) is 0 Å². The molecular weight excluding hydrogens is 256 g/mol. The SMILES string of the molecule is COC1(c2ccccc2)CCc2[nH]c(=O)[nH]c(=O)c2C1. The number of hydrogen-bond acceptors (Lipinski definition) is 3. The minimum atomic E-state index is -0.500. The molecule has 104 valence electrons. The molecule has 5 nitrogen and oxygen atoms in total. The third-order valence-electron chi connectivity index (χ3n) is 4.06. The Balaban J connectivity index is 2.10. The van der Waals surface area contributed by atoms with Crippen molar-refractivity contribution in [1.82, 2.24) is 9.97 Å². The van der Waals surface area contributed by atoms with Crippen LogP contribution in [0.15, 0.2) is 39.9 Å². The molecule has 3 rings (SSSR count). The molecule has 0 saturated heterocycles. The lowest BCUT2D eigenvalue weighted by Gasteiger charge is -2.36. The summed E-state index contributed by atoms with van der Waals surface area (Å²) in [6.45, 7) is 0. The van der Waals surface area contributed by atoms with Crippen molar-refractivity contribution in [3.05, 3.63) is 68.0 Å². The van der Waals surface area contributed by atoms with Crippen molar-refractivity contribution in [1.29, 1.82) is 0 Å². The summed E-state index contributed by atoms with van der Waals surface area (Å²) in [5.74, 6) is 0. The summed E-state index contributed by atoms with van der Waals surface area (Å²) in [6, 6.07) is 9.89. The van der Waals surface area contributed by atoms with Gasteiger partial charge >= 0.3 is 5.69 Å². The quantitative estimate of drug-likeness (QED) is 0.859. The first kappa shape index (κ1) is 12.9. The van der Waals surface area contributed by atoms with Crippen LogP contribution in [0.25, 0.3) is 0 Å². The second-order valence-electron chi connectivity index (χ2n) is 5.11. The fourth-order valence-corrected chi connectivity index (χ4v) is 2.94. The number of fused-ring (bicyclic) bond motifs is 1. The van der Waals surface area contributed by atoms with Gasteiger partial charge in [0.15, 0.2) is 0 Å². The highest BCUT2D eigenvalue weighted by Gasteiger charge is 2.37. The number of benzene rings is 1. The topological polar surface area (TPSA) is 75.0 Å². The number of H-pyrrole nitrogens is 2. The number of rotatable bonds is 2. The molecule has 20 heavy (non-hydrogen) atoms. The predicted octanol–water partition coefficient (Wildman–Crippen LogP) is 1.09. The average molecular weight is 272 g/mol. The molecule has 1 aromatic carbocycles. The Morgan fingerprint density at radius 2 is 1.90 bits per heavy atom. The molecule has 0 amide bonds. The Morgan fingerprint density at radius 3 is 2.60 bits per heavy atom. The number of ether oxygens (including phenoxy) is 1. The van der Waals surface area contributed by atoms with Crippen LogP contribution in [-0.4, -0.2) is 17.1 Å². The molecule has 0 radical (unpaired) electrons. The van der Waals surface area contributed by atoms with E-state index in [1.165, 1.54) is 0 Å². The van der Waals surface area contributed by atoms with Crippen LogP contribution >= 0.6 is 0 Å². The van der Waals surface area contributed by atoms with Gasteiger partial charge in [0.1, 0.15) is 0 Å². The lowest BCUT2D eigenvalue weighted by molar-refractivity contribution is -0.0273. The van der Waals surface area contributed by atoms with Crippen LogP contribution in [0, 0.1) is 0 Å². The second kappa shape index (κ2) is 4.76. The third kappa shape index (κ3) is 2.00. The maximum absolute atomic E-state index is 12.0. The molecule has 1 atom stereocenters. The van der Waals surface area contributed by atoms with Gasteiger partial charge in [-0.3, -0.25) is 9.78 Å². The van der Waals surface area contributed by atoms with Crippen LogP contribution in [0.2, 0.25) is 0 Å². The predicted molar refractivity (Wildman–Crippen MR) is 74.8 cm³/mol. The normalized spacial score (nSPS) is 21.4. The fraction of sp³-hybridized carbons (Fsp3) is 0.333. The summed E-state index contributed by atoms with van der Waals surface area (Å²) in [5, 5.41) is 0. The monoisotopic (exact) mass is 272 g/mol. The molecule has 2 N–H and O–H groups in total. The van der Waals surface area contributed by atoms with Gasteiger partial charge < -0.3 is 9.72 Å². The molecule has 1 aliphatic carbocycles. The second-order valence-corrected chi connectivity index (χ2v) is 5.11. The van der Waals surface area contributed by atoms with E-state index in [9.17, 15) is 9.59 Å². The summed E-state index contributed by atoms with van der Waals surface area (Å²) >= 11 is 0. The highest BCUT2D eigenvalue weighted by Crippen LogP contribution is 2.37. The zero-order valence-corrected chi connectivity index (χ0v) is 11.2. The van der Waals surface area contributed by atoms with E-state index in [-0.39, 0.29) is 5.56 Å². The van der Waals surface area contributed by atoms with Gasteiger partial charge in [-0.15, -0.1) is 0 Å². The average Bonchev–Trinajstić information content (AvgIpc) is 2.48. The molecule has 1 aromatic heterocycles. The highest BCUT2D eigenvalue weighted by molar-refractivity contribution is 5.31. The minimum absolute atomic E-state index is 0.319. The fourth-order valence-electron chi connectivity index (χ4n) is 2.94. The van der Waals surface area contributed by atoms with Crippen molar-refractivity contribution in [3.63, 3.8) is 0 Å². The summed E-state index contributed by atoms with van der Waals surface area (Å²) in [6.07, 6.45) is 1.83. The van der Waals surface area contributed by atoms with E-state index in [0.29, 0.717) is 18.4 Å². The molecule has 0 bridgehead atoms. The minimum Gasteiger partial charge on any atom is -0.373 e. The smallest absolute Gasteiger partial charge is 0.325 e. The van der Waals surface area contributed by atoms with Crippen molar-refractivity contribution in [2.75, 3.05) is 7.11 Å². The molecule has 0 fully saturated rings. The molecule has 0 spiro atoms. The molecule has 5 heteroatoms. The first-order valence-corrected chi connectivity index (χ1v) is 6.60. The molecular formula is C15H16N2O3. The van der Waals surface area contributed by atoms with Crippen LogP contribution in [0.4, 0.5) is 0 Å². The number of hydrogen-bond donors (Lipinski definition) is 2. The number of nitrogens with one attached hydrogen (secondary N) is 2. The zero-order chi connectivity index (χ0) is 14.2. The van der Waals surface area contributed by atoms with E-state index in [0.717, 1.165) is 17.7 Å². The van der Waals surface area contributed by atoms with Crippen LogP contribution in [0.3, 0.4) is 0 Å². The lowest BCUT2D eigenvalue weighted by atomic mass is 9.78. The van der Waals surface area contributed by atoms with E-state index in [1.807, 2.05) is 30.3 Å². The Morgan fingerprint density at radius 1 is 1.15 bits per heavy atom. The molecule has 1 unspecified atom stereocenters. The van der Waals surface area contributed by atoms with Crippen molar-refractivity contribution >= 4 is 0 Å². The lowest BCUT2D eigenvalue weighted by Crippen LogP contribution is -2.41. The van der Waals surface area contributed by atoms with Gasteiger partial charge in [-0.2, -0.15) is 0 Å². The molecule has 1 heterocycles. The Kier molecular flexibility index (Phi) is 3.06. The highest BCUT2D eigenvalue weighted by atomic mass is 16.5. The Labute approximate surface area is 115 Å². The maximum atomic E-state index is 12.0. The van der Waals surface area contributed by atoms with E-state index in [2.05, 4.69) is 9.97 Å². The number of aromatic amines is 2. The van der Waals surface area contributed by atoms with E-state index >= 15 is 0 Å². The molecule has 1 aliphatic rings. The van der Waals surface area contributed by atoms with Gasteiger partial charge in [0.05, 0.1) is 5.60 Å². The van der Waals surface area contributed by atoms with Crippen molar-refractivity contribution in [2.24, 2.45) is 0 Å². The largest absolute Gasteiger partial charge is 0.373 e. The van der Waals surface area contributed by atoms with E-state index < -0.39 is 11.3 Å². The van der Waals surface area contributed by atoms with Gasteiger partial charge in [0.2, 0.25) is 0 Å².